The number of alkyl halides is 7. The molecular formula is C30H41F7O3. The van der Waals surface area contributed by atoms with Gasteiger partial charge in [0, 0.05) is 20.3 Å². The summed E-state index contributed by atoms with van der Waals surface area (Å²) in [5, 5.41) is 0. The van der Waals surface area contributed by atoms with Crippen LogP contribution in [0.25, 0.3) is 0 Å². The molecule has 4 rings (SSSR count). The van der Waals surface area contributed by atoms with Gasteiger partial charge < -0.3 is 4.74 Å². The van der Waals surface area contributed by atoms with E-state index in [0.29, 0.717) is 12.3 Å². The van der Waals surface area contributed by atoms with E-state index in [0.717, 1.165) is 43.3 Å². The lowest BCUT2D eigenvalue weighted by Gasteiger charge is -2.58. The topological polar surface area (TPSA) is 43.4 Å². The van der Waals surface area contributed by atoms with Crippen molar-refractivity contribution in [2.75, 3.05) is 0 Å². The quantitative estimate of drug-likeness (QED) is 0.232. The lowest BCUT2D eigenvalue weighted by atomic mass is 9.47. The first-order chi connectivity index (χ1) is 18.7. The largest absolute Gasteiger partial charge is 0.463 e. The van der Waals surface area contributed by atoms with E-state index < -0.39 is 42.2 Å². The van der Waals surface area contributed by atoms with Crippen molar-refractivity contribution in [1.29, 1.82) is 0 Å². The zero-order valence-corrected chi connectivity index (χ0v) is 23.8. The summed E-state index contributed by atoms with van der Waals surface area (Å²) < 4.78 is 106. The standard InChI is InChI=1S/C30H41F7O3/c1-16(7-6-10-28(31,29(32,33)34)30(35,36)37)22-15-23(39)25-24-17(2)13-19-14-20(40-18(3)38)8-11-26(19,4)21(24)9-12-27(22,25)5/h16-17,19-22H,6-15H2,1-5H3/t16-,17-,19+,20+,21+,22-,26+,27-/m1/s1/i6D/t6?,16-,17-,19+,20+,21+,22-,26+,27-. The van der Waals surface area contributed by atoms with Crippen molar-refractivity contribution in [1.82, 2.24) is 0 Å². The van der Waals surface area contributed by atoms with Gasteiger partial charge in [0.05, 0.1) is 0 Å². The maximum Gasteiger partial charge on any atom is 0.431 e. The van der Waals surface area contributed by atoms with Crippen molar-refractivity contribution < 1.29 is 46.4 Å². The van der Waals surface area contributed by atoms with Gasteiger partial charge in [-0.1, -0.05) is 39.7 Å². The Morgan fingerprint density at radius 1 is 1.07 bits per heavy atom. The Morgan fingerprint density at radius 2 is 1.70 bits per heavy atom. The van der Waals surface area contributed by atoms with E-state index in [9.17, 15) is 40.3 Å². The Kier molecular flexibility index (Phi) is 7.68. The number of ketones is 1. The van der Waals surface area contributed by atoms with E-state index in [1.54, 1.807) is 6.92 Å². The van der Waals surface area contributed by atoms with E-state index in [2.05, 4.69) is 13.8 Å². The van der Waals surface area contributed by atoms with Crippen LogP contribution in [0.15, 0.2) is 11.1 Å². The van der Waals surface area contributed by atoms with Gasteiger partial charge in [-0.3, -0.25) is 9.59 Å². The van der Waals surface area contributed by atoms with Crippen molar-refractivity contribution in [3.05, 3.63) is 11.1 Å². The highest BCUT2D eigenvalue weighted by atomic mass is 19.4. The molecule has 4 aliphatic carbocycles. The maximum atomic E-state index is 14.3. The summed E-state index contributed by atoms with van der Waals surface area (Å²) >= 11 is 0. The van der Waals surface area contributed by atoms with Crippen LogP contribution < -0.4 is 0 Å². The number of esters is 1. The van der Waals surface area contributed by atoms with Gasteiger partial charge in [0.2, 0.25) is 0 Å². The molecule has 0 saturated heterocycles. The van der Waals surface area contributed by atoms with E-state index in [-0.39, 0.29) is 53.9 Å². The zero-order valence-electron chi connectivity index (χ0n) is 24.8. The summed E-state index contributed by atoms with van der Waals surface area (Å²) in [7, 11) is 0. The first kappa shape index (κ1) is 29.9. The summed E-state index contributed by atoms with van der Waals surface area (Å²) in [5.41, 5.74) is -4.21. The molecule has 0 radical (unpaired) electrons. The van der Waals surface area contributed by atoms with Crippen LogP contribution in [0.5, 0.6) is 0 Å². The Hall–Kier alpha value is -1.61. The molecule has 3 saturated carbocycles. The average Bonchev–Trinajstić information content (AvgIpc) is 3.09. The fourth-order valence-electron chi connectivity index (χ4n) is 8.91. The second-order valence-electron chi connectivity index (χ2n) is 13.4. The number of hydrogen-bond donors (Lipinski definition) is 0. The molecule has 0 N–H and O–H groups in total. The third kappa shape index (κ3) is 5.01. The molecule has 0 heterocycles. The van der Waals surface area contributed by atoms with Crippen LogP contribution >= 0.6 is 0 Å². The summed E-state index contributed by atoms with van der Waals surface area (Å²) in [6.45, 7) is 9.41. The van der Waals surface area contributed by atoms with Gasteiger partial charge in [-0.25, -0.2) is 4.39 Å². The number of hydrogen-bond acceptors (Lipinski definition) is 3. The number of allylic oxidation sites excluding steroid dienone is 2. The van der Waals surface area contributed by atoms with E-state index >= 15 is 0 Å². The van der Waals surface area contributed by atoms with Crippen molar-refractivity contribution in [3.8, 4) is 0 Å². The molecule has 0 bridgehead atoms. The van der Waals surface area contributed by atoms with Gasteiger partial charge in [0.15, 0.2) is 5.78 Å². The van der Waals surface area contributed by atoms with Gasteiger partial charge in [-0.2, -0.15) is 26.3 Å². The molecule has 0 aromatic rings. The number of Topliss-reactive ketones (excluding diaryl/α,β-unsaturated/α-hetero) is 1. The molecule has 3 fully saturated rings. The third-order valence-electron chi connectivity index (χ3n) is 11.0. The maximum absolute atomic E-state index is 14.3. The summed E-state index contributed by atoms with van der Waals surface area (Å²) in [5.74, 6) is -0.616. The molecule has 9 atom stereocenters. The first-order valence-corrected chi connectivity index (χ1v) is 14.3. The second kappa shape index (κ2) is 10.3. The van der Waals surface area contributed by atoms with Crippen LogP contribution in [0.3, 0.4) is 0 Å². The SMILES string of the molecule is [2H]C(C[C@@H](C)[C@H]1CC(=O)C2=C3[C@H](C)C[C@H]4C[C@@H](OC(C)=O)CC[C@]4(C)[C@H]3CC[C@@]21C)CC(F)(C(F)(F)F)C(F)(F)F. The Balaban J connectivity index is 1.57. The monoisotopic (exact) mass is 583 g/mol. The molecule has 0 aromatic carbocycles. The number of carbonyl (C=O) groups excluding carboxylic acids is 2. The summed E-state index contributed by atoms with van der Waals surface area (Å²) in [4.78, 5) is 25.2. The fraction of sp³-hybridized carbons (Fsp3) is 0.867. The van der Waals surface area contributed by atoms with Gasteiger partial charge in [0.1, 0.15) is 6.10 Å². The molecule has 3 nitrogen and oxygen atoms in total. The lowest BCUT2D eigenvalue weighted by Crippen LogP contribution is -2.53. The molecule has 1 unspecified atom stereocenters. The molecule has 40 heavy (non-hydrogen) atoms. The predicted molar refractivity (Wildman–Crippen MR) is 135 cm³/mol. The zero-order chi connectivity index (χ0) is 30.9. The van der Waals surface area contributed by atoms with Gasteiger partial charge >= 0.3 is 18.3 Å². The number of fused-ring (bicyclic) bond motifs is 4. The highest BCUT2D eigenvalue weighted by Crippen LogP contribution is 2.66. The van der Waals surface area contributed by atoms with Crippen LogP contribution in [-0.2, 0) is 14.3 Å². The number of rotatable bonds is 6. The van der Waals surface area contributed by atoms with Crippen molar-refractivity contribution in [2.24, 2.45) is 40.4 Å². The van der Waals surface area contributed by atoms with Gasteiger partial charge in [-0.05, 0) is 91.8 Å². The fourth-order valence-corrected chi connectivity index (χ4v) is 8.91. The minimum Gasteiger partial charge on any atom is -0.463 e. The lowest BCUT2D eigenvalue weighted by molar-refractivity contribution is -0.343. The summed E-state index contributed by atoms with van der Waals surface area (Å²) in [6.07, 6.45) is -12.0. The predicted octanol–water partition coefficient (Wildman–Crippen LogP) is 8.71. The van der Waals surface area contributed by atoms with E-state index in [1.165, 1.54) is 6.92 Å². The summed E-state index contributed by atoms with van der Waals surface area (Å²) in [6, 6.07) is 0. The molecule has 4 aliphatic rings. The highest BCUT2D eigenvalue weighted by Gasteiger charge is 2.71. The van der Waals surface area contributed by atoms with Crippen molar-refractivity contribution in [3.63, 3.8) is 0 Å². The molecule has 0 aromatic heterocycles. The number of ether oxygens (including phenoxy) is 1. The average molecular weight is 584 g/mol. The number of carbonyl (C=O) groups is 2. The second-order valence-corrected chi connectivity index (χ2v) is 13.4. The van der Waals surface area contributed by atoms with E-state index in [4.69, 9.17) is 6.11 Å². The molecule has 228 valence electrons. The first-order valence-electron chi connectivity index (χ1n) is 14.9. The molecule has 10 heteroatoms. The Bertz CT molecular complexity index is 1070. The van der Waals surface area contributed by atoms with Crippen LogP contribution in [0, 0.1) is 40.4 Å². The normalized spacial score (nSPS) is 38.6. The van der Waals surface area contributed by atoms with Crippen molar-refractivity contribution in [2.45, 2.75) is 123 Å². The molecule has 0 spiro atoms. The van der Waals surface area contributed by atoms with Gasteiger partial charge in [0.25, 0.3) is 5.67 Å². The highest BCUT2D eigenvalue weighted by molar-refractivity contribution is 6.00. The van der Waals surface area contributed by atoms with E-state index in [1.807, 2.05) is 6.92 Å². The van der Waals surface area contributed by atoms with Crippen LogP contribution in [0.4, 0.5) is 30.7 Å². The molecular weight excluding hydrogens is 541 g/mol. The molecule has 0 aliphatic heterocycles. The Morgan fingerprint density at radius 3 is 2.27 bits per heavy atom. The third-order valence-corrected chi connectivity index (χ3v) is 11.0. The molecule has 0 amide bonds. The van der Waals surface area contributed by atoms with Crippen LogP contribution in [-0.4, -0.2) is 35.9 Å². The Labute approximate surface area is 233 Å². The van der Waals surface area contributed by atoms with Crippen LogP contribution in [0.1, 0.15) is 100 Å². The van der Waals surface area contributed by atoms with Crippen molar-refractivity contribution >= 4 is 11.8 Å². The van der Waals surface area contributed by atoms with Crippen LogP contribution in [0.2, 0.25) is 0 Å². The minimum atomic E-state index is -6.18. The minimum absolute atomic E-state index is 0.0292. The van der Waals surface area contributed by atoms with Gasteiger partial charge in [-0.15, -0.1) is 0 Å². The smallest absolute Gasteiger partial charge is 0.431 e. The number of halogens is 7.